The van der Waals surface area contributed by atoms with Crippen molar-refractivity contribution >= 4 is 28.3 Å². The van der Waals surface area contributed by atoms with Gasteiger partial charge in [0.15, 0.2) is 5.13 Å². The molecule has 2 aliphatic rings. The molecule has 1 unspecified atom stereocenters. The van der Waals surface area contributed by atoms with Crippen LogP contribution >= 0.6 is 11.3 Å². The van der Waals surface area contributed by atoms with Crippen LogP contribution in [0.15, 0.2) is 16.9 Å². The number of hydrogen-bond donors (Lipinski definition) is 1. The minimum atomic E-state index is -0.403. The Morgan fingerprint density at radius 1 is 1.37 bits per heavy atom. The van der Waals surface area contributed by atoms with Crippen LogP contribution in [0.5, 0.6) is 0 Å². The lowest BCUT2D eigenvalue weighted by molar-refractivity contribution is -0.124. The van der Waals surface area contributed by atoms with Gasteiger partial charge in [-0.2, -0.15) is 5.10 Å². The molecule has 0 radical (unpaired) electrons. The van der Waals surface area contributed by atoms with E-state index in [9.17, 15) is 14.4 Å². The third kappa shape index (κ3) is 3.62. The average molecular weight is 389 g/mol. The summed E-state index contributed by atoms with van der Waals surface area (Å²) < 4.78 is 6.53. The fourth-order valence-corrected chi connectivity index (χ4v) is 4.20. The largest absolute Gasteiger partial charge is 0.368 e. The topological polar surface area (TPSA) is 106 Å². The van der Waals surface area contributed by atoms with E-state index in [1.807, 2.05) is 0 Å². The third-order valence-corrected chi connectivity index (χ3v) is 5.65. The fourth-order valence-electron chi connectivity index (χ4n) is 3.17. The van der Waals surface area contributed by atoms with Gasteiger partial charge >= 0.3 is 0 Å². The summed E-state index contributed by atoms with van der Waals surface area (Å²) in [6.45, 7) is 1.54. The molecule has 0 aliphatic carbocycles. The Kier molecular flexibility index (Phi) is 4.75. The fraction of sp³-hybridized carbons (Fsp3) is 0.471. The number of aryl methyl sites for hydroxylation is 1. The number of amides is 2. The molecule has 9 nitrogen and oxygen atoms in total. The number of anilines is 1. The maximum absolute atomic E-state index is 12.7. The van der Waals surface area contributed by atoms with E-state index in [0.717, 1.165) is 28.1 Å². The van der Waals surface area contributed by atoms with Gasteiger partial charge < -0.3 is 9.64 Å². The second-order valence-electron chi connectivity index (χ2n) is 6.54. The van der Waals surface area contributed by atoms with E-state index in [4.69, 9.17) is 4.74 Å². The van der Waals surface area contributed by atoms with E-state index in [0.29, 0.717) is 31.2 Å². The maximum Gasteiger partial charge on any atom is 0.274 e. The maximum atomic E-state index is 12.7. The lowest BCUT2D eigenvalue weighted by Crippen LogP contribution is -2.37. The summed E-state index contributed by atoms with van der Waals surface area (Å²) in [7, 11) is 1.51. The van der Waals surface area contributed by atoms with Crippen molar-refractivity contribution in [1.82, 2.24) is 19.7 Å². The first-order chi connectivity index (χ1) is 13.0. The van der Waals surface area contributed by atoms with Crippen LogP contribution in [-0.4, -0.2) is 50.7 Å². The summed E-state index contributed by atoms with van der Waals surface area (Å²) in [5.41, 5.74) is 0.874. The summed E-state index contributed by atoms with van der Waals surface area (Å²) in [6.07, 6.45) is 1.83. The van der Waals surface area contributed by atoms with Crippen LogP contribution in [0.3, 0.4) is 0 Å². The standard InChI is InChI=1S/C17H19N5O4S/c1-21-14(23)5-4-11(20-21)16(25)22-7-6-10-13(9-22)27-17(18-10)19-15(24)12-3-2-8-26-12/h4-5,12H,2-3,6-9H2,1H3,(H,18,19,24). The number of nitrogens with zero attached hydrogens (tertiary/aromatic N) is 4. The van der Waals surface area contributed by atoms with E-state index in [2.05, 4.69) is 15.4 Å². The van der Waals surface area contributed by atoms with Crippen LogP contribution in [0.25, 0.3) is 0 Å². The van der Waals surface area contributed by atoms with Gasteiger partial charge in [0.2, 0.25) is 0 Å². The summed E-state index contributed by atoms with van der Waals surface area (Å²) in [6, 6.07) is 2.78. The van der Waals surface area contributed by atoms with Crippen LogP contribution in [0, 0.1) is 0 Å². The minimum Gasteiger partial charge on any atom is -0.368 e. The smallest absolute Gasteiger partial charge is 0.274 e. The Bertz CT molecular complexity index is 947. The highest BCUT2D eigenvalue weighted by Gasteiger charge is 2.28. The second-order valence-corrected chi connectivity index (χ2v) is 7.62. The predicted molar refractivity (Wildman–Crippen MR) is 97.6 cm³/mol. The monoisotopic (exact) mass is 389 g/mol. The zero-order valence-electron chi connectivity index (χ0n) is 14.8. The molecule has 4 rings (SSSR count). The van der Waals surface area contributed by atoms with Gasteiger partial charge in [0.05, 0.1) is 12.2 Å². The highest BCUT2D eigenvalue weighted by Crippen LogP contribution is 2.29. The molecular formula is C17H19N5O4S. The molecule has 1 atom stereocenters. The van der Waals surface area contributed by atoms with Crippen molar-refractivity contribution in [2.24, 2.45) is 7.05 Å². The first kappa shape index (κ1) is 17.8. The van der Waals surface area contributed by atoms with Crippen LogP contribution in [0.4, 0.5) is 5.13 Å². The van der Waals surface area contributed by atoms with Gasteiger partial charge in [-0.1, -0.05) is 11.3 Å². The number of aromatic nitrogens is 3. The number of nitrogens with one attached hydrogen (secondary N) is 1. The molecule has 1 fully saturated rings. The van der Waals surface area contributed by atoms with Gasteiger partial charge in [-0.15, -0.1) is 0 Å². The number of ether oxygens (including phenoxy) is 1. The van der Waals surface area contributed by atoms with Crippen molar-refractivity contribution in [1.29, 1.82) is 0 Å². The molecule has 0 saturated carbocycles. The molecule has 2 aromatic heterocycles. The summed E-state index contributed by atoms with van der Waals surface area (Å²) in [4.78, 5) is 43.4. The molecule has 2 aliphatic heterocycles. The second kappa shape index (κ2) is 7.20. The quantitative estimate of drug-likeness (QED) is 0.822. The Labute approximate surface area is 159 Å². The van der Waals surface area contributed by atoms with Crippen LogP contribution in [-0.2, 0) is 29.5 Å². The Morgan fingerprint density at radius 2 is 2.22 bits per heavy atom. The molecule has 0 spiro atoms. The molecule has 0 bridgehead atoms. The Balaban J connectivity index is 1.45. The molecule has 10 heteroatoms. The van der Waals surface area contributed by atoms with Gasteiger partial charge in [0, 0.05) is 37.6 Å². The molecule has 2 aromatic rings. The average Bonchev–Trinajstić information content (AvgIpc) is 3.32. The van der Waals surface area contributed by atoms with Gasteiger partial charge in [0.1, 0.15) is 11.8 Å². The Hall–Kier alpha value is -2.59. The predicted octanol–water partition coefficient (Wildman–Crippen LogP) is 0.553. The normalized spacial score (nSPS) is 19.0. The summed E-state index contributed by atoms with van der Waals surface area (Å²) in [5, 5.41) is 7.38. The van der Waals surface area contributed by atoms with Gasteiger partial charge in [-0.05, 0) is 18.9 Å². The summed E-state index contributed by atoms with van der Waals surface area (Å²) >= 11 is 1.38. The Morgan fingerprint density at radius 3 is 2.96 bits per heavy atom. The van der Waals surface area contributed by atoms with Crippen LogP contribution in [0.1, 0.15) is 33.9 Å². The number of hydrogen-bond acceptors (Lipinski definition) is 7. The minimum absolute atomic E-state index is 0.166. The molecule has 4 heterocycles. The van der Waals surface area contributed by atoms with Crippen LogP contribution < -0.4 is 10.9 Å². The number of fused-ring (bicyclic) bond motifs is 1. The molecule has 1 saturated heterocycles. The first-order valence-electron chi connectivity index (χ1n) is 8.76. The van der Waals surface area contributed by atoms with Crippen molar-refractivity contribution in [3.05, 3.63) is 38.8 Å². The molecule has 1 N–H and O–H groups in total. The van der Waals surface area contributed by atoms with E-state index in [1.54, 1.807) is 4.90 Å². The van der Waals surface area contributed by atoms with Crippen molar-refractivity contribution in [3.8, 4) is 0 Å². The number of carbonyl (C=O) groups excluding carboxylic acids is 2. The highest BCUT2D eigenvalue weighted by molar-refractivity contribution is 7.15. The van der Waals surface area contributed by atoms with Crippen molar-refractivity contribution in [3.63, 3.8) is 0 Å². The van der Waals surface area contributed by atoms with E-state index in [-0.39, 0.29) is 23.1 Å². The van der Waals surface area contributed by atoms with Gasteiger partial charge in [0.25, 0.3) is 17.4 Å². The first-order valence-corrected chi connectivity index (χ1v) is 9.57. The van der Waals surface area contributed by atoms with E-state index < -0.39 is 6.10 Å². The lowest BCUT2D eigenvalue weighted by atomic mass is 10.1. The number of rotatable bonds is 3. The molecule has 142 valence electrons. The molecule has 0 aromatic carbocycles. The molecular weight excluding hydrogens is 370 g/mol. The zero-order valence-corrected chi connectivity index (χ0v) is 15.6. The van der Waals surface area contributed by atoms with Gasteiger partial charge in [-0.3, -0.25) is 19.7 Å². The lowest BCUT2D eigenvalue weighted by Gasteiger charge is -2.25. The van der Waals surface area contributed by atoms with E-state index >= 15 is 0 Å². The van der Waals surface area contributed by atoms with Crippen molar-refractivity contribution < 1.29 is 14.3 Å². The SMILES string of the molecule is Cn1nc(C(=O)N2CCc3nc(NC(=O)C4CCCO4)sc3C2)ccc1=O. The zero-order chi connectivity index (χ0) is 19.0. The van der Waals surface area contributed by atoms with E-state index in [1.165, 1.54) is 30.5 Å². The number of carbonyl (C=O) groups is 2. The molecule has 2 amide bonds. The van der Waals surface area contributed by atoms with Gasteiger partial charge in [-0.25, -0.2) is 9.67 Å². The third-order valence-electron chi connectivity index (χ3n) is 4.65. The summed E-state index contributed by atoms with van der Waals surface area (Å²) in [5.74, 6) is -0.393. The van der Waals surface area contributed by atoms with Crippen molar-refractivity contribution in [2.75, 3.05) is 18.5 Å². The van der Waals surface area contributed by atoms with Crippen molar-refractivity contribution in [2.45, 2.75) is 31.9 Å². The van der Waals surface area contributed by atoms with Crippen LogP contribution in [0.2, 0.25) is 0 Å². The highest BCUT2D eigenvalue weighted by atomic mass is 32.1. The molecule has 27 heavy (non-hydrogen) atoms. The number of thiazole rings is 1.